The molecule has 1 atom stereocenters. The Morgan fingerprint density at radius 1 is 1.04 bits per heavy atom. The highest BCUT2D eigenvalue weighted by Gasteiger charge is 2.19. The van der Waals surface area contributed by atoms with Crippen LogP contribution in [-0.4, -0.2) is 32.3 Å². The van der Waals surface area contributed by atoms with Gasteiger partial charge in [-0.2, -0.15) is 0 Å². The lowest BCUT2D eigenvalue weighted by atomic mass is 9.98. The minimum atomic E-state index is -0.622. The zero-order valence-corrected chi connectivity index (χ0v) is 16.1. The van der Waals surface area contributed by atoms with Crippen LogP contribution in [0.2, 0.25) is 0 Å². The molecule has 2 aromatic rings. The quantitative estimate of drug-likeness (QED) is 0.478. The summed E-state index contributed by atoms with van der Waals surface area (Å²) in [5.41, 5.74) is 1.51. The van der Waals surface area contributed by atoms with Gasteiger partial charge in [0.15, 0.2) is 6.61 Å². The van der Waals surface area contributed by atoms with Crippen molar-refractivity contribution in [3.63, 3.8) is 0 Å². The normalized spacial score (nSPS) is 12.1. The maximum Gasteiger partial charge on any atom is 0.344 e. The minimum Gasteiger partial charge on any atom is -0.497 e. The number of ether oxygens (including phenoxy) is 3. The molecule has 1 unspecified atom stereocenters. The first-order chi connectivity index (χ1) is 13.5. The van der Waals surface area contributed by atoms with Crippen LogP contribution in [0.25, 0.3) is 10.8 Å². The number of methoxy groups -OCH3 is 1. The first kappa shape index (κ1) is 21.0. The summed E-state index contributed by atoms with van der Waals surface area (Å²) in [6, 6.07) is 11.4. The second-order valence-corrected chi connectivity index (χ2v) is 6.14. The first-order valence-corrected chi connectivity index (χ1v) is 8.82. The van der Waals surface area contributed by atoms with Crippen LogP contribution in [0.4, 0.5) is 0 Å². The lowest BCUT2D eigenvalue weighted by Gasteiger charge is -2.13. The standard InChI is InChI=1S/C23H24O5/c1-5-7-17(6-2)14-27-22(24)15-28-23(25)16(3)18-8-9-20-13-21(26-4)11-10-19(20)12-18/h5-13,16H,1-2,14-15H2,3-4H3/b17-7+. The second-order valence-electron chi connectivity index (χ2n) is 6.14. The van der Waals surface area contributed by atoms with Gasteiger partial charge in [0, 0.05) is 0 Å². The average Bonchev–Trinajstić information content (AvgIpc) is 2.73. The molecule has 0 amide bonds. The minimum absolute atomic E-state index is 0.0512. The van der Waals surface area contributed by atoms with Crippen molar-refractivity contribution < 1.29 is 23.8 Å². The summed E-state index contributed by atoms with van der Waals surface area (Å²) in [5, 5.41) is 2.00. The summed E-state index contributed by atoms with van der Waals surface area (Å²) in [4.78, 5) is 24.1. The summed E-state index contributed by atoms with van der Waals surface area (Å²) < 4.78 is 15.4. The molecule has 0 aliphatic carbocycles. The highest BCUT2D eigenvalue weighted by atomic mass is 16.6. The summed E-state index contributed by atoms with van der Waals surface area (Å²) >= 11 is 0. The molecule has 5 heteroatoms. The molecule has 2 aromatic carbocycles. The van der Waals surface area contributed by atoms with E-state index in [4.69, 9.17) is 14.2 Å². The van der Waals surface area contributed by atoms with Gasteiger partial charge in [-0.15, -0.1) is 0 Å². The van der Waals surface area contributed by atoms with Gasteiger partial charge in [0.1, 0.15) is 12.4 Å². The number of hydrogen-bond acceptors (Lipinski definition) is 5. The highest BCUT2D eigenvalue weighted by Crippen LogP contribution is 2.25. The third kappa shape index (κ3) is 5.58. The lowest BCUT2D eigenvalue weighted by molar-refractivity contribution is -0.158. The zero-order valence-electron chi connectivity index (χ0n) is 16.1. The van der Waals surface area contributed by atoms with Gasteiger partial charge in [0.05, 0.1) is 13.0 Å². The number of carbonyl (C=O) groups excluding carboxylic acids is 2. The molecule has 146 valence electrons. The maximum atomic E-state index is 12.3. The topological polar surface area (TPSA) is 61.8 Å². The molecule has 2 rings (SSSR count). The Bertz CT molecular complexity index is 910. The molecule has 0 N–H and O–H groups in total. The van der Waals surface area contributed by atoms with Crippen molar-refractivity contribution in [2.45, 2.75) is 12.8 Å². The largest absolute Gasteiger partial charge is 0.497 e. The van der Waals surface area contributed by atoms with Crippen molar-refractivity contribution in [3.8, 4) is 5.75 Å². The molecule has 0 saturated heterocycles. The van der Waals surface area contributed by atoms with E-state index in [0.29, 0.717) is 5.57 Å². The fraction of sp³-hybridized carbons (Fsp3) is 0.217. The smallest absolute Gasteiger partial charge is 0.344 e. The third-order valence-electron chi connectivity index (χ3n) is 4.25. The van der Waals surface area contributed by atoms with E-state index in [9.17, 15) is 9.59 Å². The lowest BCUT2D eigenvalue weighted by Crippen LogP contribution is -2.20. The first-order valence-electron chi connectivity index (χ1n) is 8.82. The van der Waals surface area contributed by atoms with Gasteiger partial charge in [-0.25, -0.2) is 4.79 Å². The molecule has 0 aliphatic heterocycles. The van der Waals surface area contributed by atoms with E-state index in [0.717, 1.165) is 22.1 Å². The molecule has 28 heavy (non-hydrogen) atoms. The second kappa shape index (κ2) is 10.1. The van der Waals surface area contributed by atoms with E-state index in [1.807, 2.05) is 36.4 Å². The number of carbonyl (C=O) groups is 2. The molecule has 0 fully saturated rings. The van der Waals surface area contributed by atoms with Gasteiger partial charge in [-0.1, -0.05) is 55.7 Å². The van der Waals surface area contributed by atoms with Crippen LogP contribution < -0.4 is 4.74 Å². The van der Waals surface area contributed by atoms with Crippen LogP contribution in [-0.2, 0) is 19.1 Å². The van der Waals surface area contributed by atoms with Gasteiger partial charge in [0.2, 0.25) is 0 Å². The highest BCUT2D eigenvalue weighted by molar-refractivity contribution is 5.87. The summed E-state index contributed by atoms with van der Waals surface area (Å²) in [6.45, 7) is 8.54. The predicted molar refractivity (Wildman–Crippen MR) is 109 cm³/mol. The molecule has 0 saturated carbocycles. The fourth-order valence-corrected chi connectivity index (χ4v) is 2.56. The van der Waals surface area contributed by atoms with Crippen molar-refractivity contribution in [2.24, 2.45) is 0 Å². The Balaban J connectivity index is 1.94. The molecule has 0 aromatic heterocycles. The van der Waals surface area contributed by atoms with Crippen LogP contribution in [0.1, 0.15) is 18.4 Å². The van der Waals surface area contributed by atoms with Gasteiger partial charge >= 0.3 is 11.9 Å². The molecule has 0 bridgehead atoms. The number of benzene rings is 2. The number of allylic oxidation sites excluding steroid dienone is 2. The van der Waals surface area contributed by atoms with E-state index in [1.165, 1.54) is 0 Å². The molecular formula is C23H24O5. The third-order valence-corrected chi connectivity index (χ3v) is 4.25. The Hall–Kier alpha value is -3.34. The Kier molecular flexibility index (Phi) is 7.57. The monoisotopic (exact) mass is 380 g/mol. The van der Waals surface area contributed by atoms with Gasteiger partial charge in [0.25, 0.3) is 0 Å². The predicted octanol–water partition coefficient (Wildman–Crippen LogP) is 4.34. The van der Waals surface area contributed by atoms with Crippen molar-refractivity contribution in [1.82, 2.24) is 0 Å². The molecule has 0 aliphatic rings. The van der Waals surface area contributed by atoms with Crippen molar-refractivity contribution >= 4 is 22.7 Å². The number of esters is 2. The van der Waals surface area contributed by atoms with Crippen LogP contribution in [0, 0.1) is 0 Å². The van der Waals surface area contributed by atoms with E-state index in [2.05, 4.69) is 13.2 Å². The zero-order chi connectivity index (χ0) is 20.5. The van der Waals surface area contributed by atoms with Crippen molar-refractivity contribution in [3.05, 3.63) is 78.9 Å². The van der Waals surface area contributed by atoms with E-state index >= 15 is 0 Å². The van der Waals surface area contributed by atoms with Crippen LogP contribution in [0.5, 0.6) is 5.75 Å². The Labute approximate surface area is 164 Å². The van der Waals surface area contributed by atoms with Crippen LogP contribution in [0.3, 0.4) is 0 Å². The van der Waals surface area contributed by atoms with Crippen molar-refractivity contribution in [1.29, 1.82) is 0 Å². The molecular weight excluding hydrogens is 356 g/mol. The van der Waals surface area contributed by atoms with Crippen LogP contribution in [0.15, 0.2) is 73.4 Å². The number of hydrogen-bond donors (Lipinski definition) is 0. The van der Waals surface area contributed by atoms with Gasteiger partial charge in [-0.3, -0.25) is 4.79 Å². The average molecular weight is 380 g/mol. The summed E-state index contributed by atoms with van der Waals surface area (Å²) in [7, 11) is 1.62. The Morgan fingerprint density at radius 2 is 1.75 bits per heavy atom. The molecule has 5 nitrogen and oxygen atoms in total. The number of fused-ring (bicyclic) bond motifs is 1. The molecule has 0 radical (unpaired) electrons. The molecule has 0 heterocycles. The van der Waals surface area contributed by atoms with Gasteiger partial charge in [-0.05, 0) is 41.0 Å². The number of rotatable bonds is 9. The molecule has 0 spiro atoms. The van der Waals surface area contributed by atoms with E-state index in [1.54, 1.807) is 32.3 Å². The Morgan fingerprint density at radius 3 is 2.43 bits per heavy atom. The van der Waals surface area contributed by atoms with E-state index in [-0.39, 0.29) is 6.61 Å². The van der Waals surface area contributed by atoms with Crippen molar-refractivity contribution in [2.75, 3.05) is 20.3 Å². The van der Waals surface area contributed by atoms with E-state index < -0.39 is 24.5 Å². The fourth-order valence-electron chi connectivity index (χ4n) is 2.56. The van der Waals surface area contributed by atoms with Crippen LogP contribution >= 0.6 is 0 Å². The van der Waals surface area contributed by atoms with Gasteiger partial charge < -0.3 is 14.2 Å². The summed E-state index contributed by atoms with van der Waals surface area (Å²) in [5.74, 6) is -0.851. The summed E-state index contributed by atoms with van der Waals surface area (Å²) in [6.07, 6.45) is 4.83. The maximum absolute atomic E-state index is 12.3. The SMILES string of the molecule is C=C/C=C(\C=C)COC(=O)COC(=O)C(C)c1ccc2cc(OC)ccc2c1.